The summed E-state index contributed by atoms with van der Waals surface area (Å²) in [5.41, 5.74) is 1.88. The van der Waals surface area contributed by atoms with E-state index in [4.69, 9.17) is 9.84 Å². The van der Waals surface area contributed by atoms with Gasteiger partial charge in [0.2, 0.25) is 0 Å². The molecule has 2 N–H and O–H groups in total. The maximum Gasteiger partial charge on any atom is 0.422 e. The predicted molar refractivity (Wildman–Crippen MR) is 56.7 cm³/mol. The van der Waals surface area contributed by atoms with Crippen molar-refractivity contribution < 1.29 is 19.4 Å². The van der Waals surface area contributed by atoms with Gasteiger partial charge in [0, 0.05) is 6.54 Å². The maximum absolute atomic E-state index is 11.4. The van der Waals surface area contributed by atoms with E-state index in [1.54, 1.807) is 20.8 Å². The lowest BCUT2D eigenvalue weighted by molar-refractivity contribution is -0.143. The summed E-state index contributed by atoms with van der Waals surface area (Å²) in [6.45, 7) is 5.80. The maximum atomic E-state index is 11.4. The van der Waals surface area contributed by atoms with Crippen LogP contribution in [0.1, 0.15) is 33.6 Å². The smallest absolute Gasteiger partial charge is 0.422 e. The Bertz CT molecular complexity index is 285. The Labute approximate surface area is 94.5 Å². The molecule has 0 aromatic carbocycles. The monoisotopic (exact) mass is 230 g/mol. The van der Waals surface area contributed by atoms with Crippen molar-refractivity contribution in [2.24, 2.45) is 0 Å². The lowest BCUT2D eigenvalue weighted by Crippen LogP contribution is -2.49. The van der Waals surface area contributed by atoms with Crippen molar-refractivity contribution in [3.05, 3.63) is 0 Å². The van der Waals surface area contributed by atoms with E-state index in [2.05, 4.69) is 5.43 Å². The summed E-state index contributed by atoms with van der Waals surface area (Å²) in [5, 5.41) is 10.3. The largest absolute Gasteiger partial charge is 0.480 e. The molecule has 0 radical (unpaired) electrons. The van der Waals surface area contributed by atoms with E-state index in [9.17, 15) is 9.59 Å². The molecule has 0 aliphatic carbocycles. The average molecular weight is 230 g/mol. The molecule has 0 bridgehead atoms. The number of nitrogens with zero attached hydrogens (tertiary/aromatic N) is 1. The minimum absolute atomic E-state index is 0.538. The van der Waals surface area contributed by atoms with Crippen LogP contribution in [-0.4, -0.2) is 40.4 Å². The van der Waals surface area contributed by atoms with Crippen molar-refractivity contribution in [1.82, 2.24) is 10.4 Å². The zero-order valence-electron chi connectivity index (χ0n) is 9.82. The number of rotatable bonds is 2. The highest BCUT2D eigenvalue weighted by atomic mass is 16.6. The van der Waals surface area contributed by atoms with Crippen molar-refractivity contribution in [2.75, 3.05) is 6.54 Å². The first kappa shape index (κ1) is 12.8. The normalized spacial score (nSPS) is 21.8. The third-order valence-electron chi connectivity index (χ3n) is 2.17. The summed E-state index contributed by atoms with van der Waals surface area (Å²) in [6, 6.07) is -0.646. The predicted octanol–water partition coefficient (Wildman–Crippen LogP) is 0.975. The van der Waals surface area contributed by atoms with Crippen LogP contribution in [0.25, 0.3) is 0 Å². The zero-order valence-corrected chi connectivity index (χ0v) is 9.82. The van der Waals surface area contributed by atoms with E-state index < -0.39 is 23.7 Å². The summed E-state index contributed by atoms with van der Waals surface area (Å²) in [4.78, 5) is 22.3. The number of carboxylic acids is 1. The Kier molecular flexibility index (Phi) is 3.74. The third kappa shape index (κ3) is 3.69. The molecule has 1 heterocycles. The minimum Gasteiger partial charge on any atom is -0.480 e. The third-order valence-corrected chi connectivity index (χ3v) is 2.17. The highest BCUT2D eigenvalue weighted by Gasteiger charge is 2.32. The molecule has 6 heteroatoms. The molecule has 6 nitrogen and oxygen atoms in total. The summed E-state index contributed by atoms with van der Waals surface area (Å²) in [7, 11) is 0. The molecule has 1 aliphatic rings. The number of carbonyl (C=O) groups excluding carboxylic acids is 1. The van der Waals surface area contributed by atoms with Crippen LogP contribution in [0, 0.1) is 0 Å². The number of aliphatic carboxylic acids is 1. The fraction of sp³-hybridized carbons (Fsp3) is 0.800. The fourth-order valence-electron chi connectivity index (χ4n) is 1.58. The first-order chi connectivity index (χ1) is 7.29. The number of amides is 1. The summed E-state index contributed by atoms with van der Waals surface area (Å²) < 4.78 is 5.04. The molecule has 0 aromatic heterocycles. The molecule has 1 fully saturated rings. The number of hydrazine groups is 1. The van der Waals surface area contributed by atoms with Crippen LogP contribution < -0.4 is 5.43 Å². The van der Waals surface area contributed by atoms with Crippen LogP contribution in [0.5, 0.6) is 0 Å². The molecule has 0 saturated carbocycles. The second kappa shape index (κ2) is 4.69. The number of nitrogens with one attached hydrogen (secondary N) is 1. The van der Waals surface area contributed by atoms with E-state index in [1.807, 2.05) is 0 Å². The standard InChI is InChI=1S/C10H18N2O4/c1-10(2,3)16-9(15)11-12-6-4-5-7(12)8(13)14/h7H,4-6H2,1-3H3,(H,11,15)(H,13,14)/t7-/m0/s1. The van der Waals surface area contributed by atoms with E-state index in [-0.39, 0.29) is 0 Å². The summed E-state index contributed by atoms with van der Waals surface area (Å²) in [5.74, 6) is -0.923. The van der Waals surface area contributed by atoms with Gasteiger partial charge >= 0.3 is 12.1 Å². The molecular formula is C10H18N2O4. The average Bonchev–Trinajstić information content (AvgIpc) is 2.47. The number of carboxylic acid groups (broad SMARTS) is 1. The van der Waals surface area contributed by atoms with Crippen molar-refractivity contribution in [3.63, 3.8) is 0 Å². The Morgan fingerprint density at radius 1 is 1.44 bits per heavy atom. The molecule has 1 atom stereocenters. The Hall–Kier alpha value is -1.30. The summed E-state index contributed by atoms with van der Waals surface area (Å²) >= 11 is 0. The van der Waals surface area contributed by atoms with E-state index >= 15 is 0 Å². The van der Waals surface area contributed by atoms with Gasteiger partial charge in [-0.2, -0.15) is 0 Å². The summed E-state index contributed by atoms with van der Waals surface area (Å²) in [6.07, 6.45) is 0.693. The number of hydrogen-bond acceptors (Lipinski definition) is 4. The van der Waals surface area contributed by atoms with Gasteiger partial charge < -0.3 is 9.84 Å². The van der Waals surface area contributed by atoms with Gasteiger partial charge in [0.05, 0.1) is 0 Å². The van der Waals surface area contributed by atoms with Gasteiger partial charge in [0.25, 0.3) is 0 Å². The van der Waals surface area contributed by atoms with Crippen LogP contribution >= 0.6 is 0 Å². The van der Waals surface area contributed by atoms with Crippen LogP contribution in [0.3, 0.4) is 0 Å². The number of carbonyl (C=O) groups is 2. The van der Waals surface area contributed by atoms with Gasteiger partial charge in [-0.15, -0.1) is 0 Å². The topological polar surface area (TPSA) is 78.9 Å². The van der Waals surface area contributed by atoms with Crippen LogP contribution in [-0.2, 0) is 9.53 Å². The number of ether oxygens (including phenoxy) is 1. The molecule has 92 valence electrons. The van der Waals surface area contributed by atoms with Gasteiger partial charge in [-0.25, -0.2) is 9.80 Å². The molecule has 1 saturated heterocycles. The van der Waals surface area contributed by atoms with E-state index in [0.29, 0.717) is 13.0 Å². The Balaban J connectivity index is 2.47. The fourth-order valence-corrected chi connectivity index (χ4v) is 1.58. The second-order valence-electron chi connectivity index (χ2n) is 4.80. The van der Waals surface area contributed by atoms with Gasteiger partial charge in [-0.1, -0.05) is 0 Å². The minimum atomic E-state index is -0.923. The van der Waals surface area contributed by atoms with Gasteiger partial charge in [0.15, 0.2) is 0 Å². The van der Waals surface area contributed by atoms with Crippen molar-refractivity contribution in [2.45, 2.75) is 45.3 Å². The van der Waals surface area contributed by atoms with Crippen molar-refractivity contribution in [3.8, 4) is 0 Å². The first-order valence-electron chi connectivity index (χ1n) is 5.29. The molecular weight excluding hydrogens is 212 g/mol. The molecule has 16 heavy (non-hydrogen) atoms. The Morgan fingerprint density at radius 2 is 2.06 bits per heavy atom. The van der Waals surface area contributed by atoms with Gasteiger partial charge in [-0.3, -0.25) is 10.2 Å². The van der Waals surface area contributed by atoms with Crippen molar-refractivity contribution in [1.29, 1.82) is 0 Å². The lowest BCUT2D eigenvalue weighted by Gasteiger charge is -2.25. The van der Waals surface area contributed by atoms with E-state index in [0.717, 1.165) is 6.42 Å². The van der Waals surface area contributed by atoms with Gasteiger partial charge in [0.1, 0.15) is 11.6 Å². The van der Waals surface area contributed by atoms with Crippen LogP contribution in [0.4, 0.5) is 4.79 Å². The highest BCUT2D eigenvalue weighted by molar-refractivity contribution is 5.75. The molecule has 1 aliphatic heterocycles. The number of hydrogen-bond donors (Lipinski definition) is 2. The lowest BCUT2D eigenvalue weighted by atomic mass is 10.2. The molecule has 0 unspecified atom stereocenters. The quantitative estimate of drug-likeness (QED) is 0.739. The molecule has 1 amide bonds. The van der Waals surface area contributed by atoms with E-state index in [1.165, 1.54) is 5.01 Å². The highest BCUT2D eigenvalue weighted by Crippen LogP contribution is 2.15. The Morgan fingerprint density at radius 3 is 2.56 bits per heavy atom. The zero-order chi connectivity index (χ0) is 12.3. The van der Waals surface area contributed by atoms with Crippen LogP contribution in [0.15, 0.2) is 0 Å². The second-order valence-corrected chi connectivity index (χ2v) is 4.80. The van der Waals surface area contributed by atoms with Crippen LogP contribution in [0.2, 0.25) is 0 Å². The SMILES string of the molecule is CC(C)(C)OC(=O)NN1CCC[C@H]1C(=O)O. The molecule has 0 spiro atoms. The van der Waals surface area contributed by atoms with Crippen molar-refractivity contribution >= 4 is 12.1 Å². The molecule has 1 rings (SSSR count). The van der Waals surface area contributed by atoms with Gasteiger partial charge in [-0.05, 0) is 33.6 Å². The first-order valence-corrected chi connectivity index (χ1v) is 5.29. The molecule has 0 aromatic rings.